The minimum absolute atomic E-state index is 0.0586. The third kappa shape index (κ3) is 4.56. The van der Waals surface area contributed by atoms with Crippen molar-refractivity contribution in [3.05, 3.63) is 88.9 Å². The molecule has 0 unspecified atom stereocenters. The Kier molecular flexibility index (Phi) is 5.49. The molecule has 0 heterocycles. The maximum atomic E-state index is 12.4. The highest BCUT2D eigenvalue weighted by Crippen LogP contribution is 2.24. The van der Waals surface area contributed by atoms with Crippen LogP contribution in [0.3, 0.4) is 0 Å². The first-order valence-electron chi connectivity index (χ1n) is 8.11. The highest BCUT2D eigenvalue weighted by Gasteiger charge is 2.17. The number of rotatable bonds is 6. The van der Waals surface area contributed by atoms with Gasteiger partial charge in [0.2, 0.25) is 0 Å². The summed E-state index contributed by atoms with van der Waals surface area (Å²) in [6.07, 6.45) is 0. The van der Waals surface area contributed by atoms with Crippen molar-refractivity contribution in [3.8, 4) is 0 Å². The average Bonchev–Trinajstić information content (AvgIpc) is 2.61. The van der Waals surface area contributed by atoms with Crippen molar-refractivity contribution in [2.45, 2.75) is 18.4 Å². The molecule has 0 aromatic heterocycles. The molecule has 0 saturated carbocycles. The van der Waals surface area contributed by atoms with Gasteiger partial charge in [-0.2, -0.15) is 0 Å². The molecule has 0 fully saturated rings. The number of nitrogens with one attached hydrogen (secondary N) is 2. The molecule has 0 saturated heterocycles. The second-order valence-electron chi connectivity index (χ2n) is 5.96. The Bertz CT molecular complexity index is 1000. The molecule has 2 N–H and O–H groups in total. The van der Waals surface area contributed by atoms with Crippen LogP contribution in [0.1, 0.15) is 11.1 Å². The molecule has 26 heavy (non-hydrogen) atoms. The monoisotopic (exact) mass is 386 g/mol. The molecule has 0 aliphatic rings. The van der Waals surface area contributed by atoms with E-state index in [9.17, 15) is 8.42 Å². The first kappa shape index (κ1) is 18.3. The fourth-order valence-electron chi connectivity index (χ4n) is 2.56. The van der Waals surface area contributed by atoms with Crippen LogP contribution in [-0.2, 0) is 16.6 Å². The van der Waals surface area contributed by atoms with E-state index in [1.807, 2.05) is 18.2 Å². The molecule has 0 spiro atoms. The lowest BCUT2D eigenvalue weighted by Crippen LogP contribution is -2.13. The second kappa shape index (κ2) is 7.81. The number of aryl methyl sites for hydroxylation is 1. The average molecular weight is 387 g/mol. The molecular formula is C20H19ClN2O2S. The molecule has 4 nitrogen and oxygen atoms in total. The number of benzene rings is 3. The van der Waals surface area contributed by atoms with E-state index < -0.39 is 10.0 Å². The summed E-state index contributed by atoms with van der Waals surface area (Å²) >= 11 is 5.98. The third-order valence-electron chi connectivity index (χ3n) is 3.84. The summed E-state index contributed by atoms with van der Waals surface area (Å²) in [6.45, 7) is 2.76. The Labute approximate surface area is 158 Å². The Hall–Kier alpha value is -2.50. The zero-order chi connectivity index (χ0) is 18.6. The minimum Gasteiger partial charge on any atom is -0.381 e. The van der Waals surface area contributed by atoms with E-state index in [0.29, 0.717) is 12.2 Å². The van der Waals surface area contributed by atoms with Crippen LogP contribution in [0.15, 0.2) is 77.7 Å². The summed E-state index contributed by atoms with van der Waals surface area (Å²) in [7, 11) is -3.72. The van der Waals surface area contributed by atoms with Crippen LogP contribution in [-0.4, -0.2) is 8.42 Å². The summed E-state index contributed by atoms with van der Waals surface area (Å²) in [5, 5.41) is 3.51. The van der Waals surface area contributed by atoms with Gasteiger partial charge in [0, 0.05) is 17.9 Å². The Morgan fingerprint density at radius 2 is 1.58 bits per heavy atom. The van der Waals surface area contributed by atoms with Crippen molar-refractivity contribution >= 4 is 33.0 Å². The van der Waals surface area contributed by atoms with Crippen LogP contribution in [0.25, 0.3) is 0 Å². The zero-order valence-electron chi connectivity index (χ0n) is 14.2. The molecule has 0 amide bonds. The summed E-state index contributed by atoms with van der Waals surface area (Å²) in [5.41, 5.74) is 3.79. The van der Waals surface area contributed by atoms with E-state index in [1.165, 1.54) is 17.2 Å². The lowest BCUT2D eigenvalue weighted by molar-refractivity contribution is 0.601. The number of halogens is 1. The molecule has 134 valence electrons. The molecule has 6 heteroatoms. The highest BCUT2D eigenvalue weighted by atomic mass is 35.5. The molecule has 3 rings (SSSR count). The summed E-state index contributed by atoms with van der Waals surface area (Å²) in [5.74, 6) is 0. The van der Waals surface area contributed by atoms with Crippen molar-refractivity contribution in [2.24, 2.45) is 0 Å². The fraction of sp³-hybridized carbons (Fsp3) is 0.100. The van der Waals surface area contributed by atoms with Crippen molar-refractivity contribution < 1.29 is 8.42 Å². The van der Waals surface area contributed by atoms with E-state index in [2.05, 4.69) is 35.2 Å². The number of anilines is 2. The molecule has 0 aliphatic heterocycles. The Morgan fingerprint density at radius 3 is 2.27 bits per heavy atom. The number of hydrogen-bond donors (Lipinski definition) is 2. The first-order chi connectivity index (χ1) is 12.4. The zero-order valence-corrected chi connectivity index (χ0v) is 15.8. The van der Waals surface area contributed by atoms with Crippen LogP contribution >= 0.6 is 11.6 Å². The first-order valence-corrected chi connectivity index (χ1v) is 9.97. The SMILES string of the molecule is Cc1cccc(CNc2ccc(NS(=O)(=O)c3ccccc3Cl)cc2)c1. The van der Waals surface area contributed by atoms with Gasteiger partial charge in [-0.15, -0.1) is 0 Å². The van der Waals surface area contributed by atoms with Crippen LogP contribution < -0.4 is 10.0 Å². The van der Waals surface area contributed by atoms with Crippen LogP contribution in [0, 0.1) is 6.92 Å². The maximum Gasteiger partial charge on any atom is 0.263 e. The largest absolute Gasteiger partial charge is 0.381 e. The van der Waals surface area contributed by atoms with Gasteiger partial charge in [-0.3, -0.25) is 4.72 Å². The van der Waals surface area contributed by atoms with E-state index in [1.54, 1.807) is 30.3 Å². The molecule has 0 atom stereocenters. The van der Waals surface area contributed by atoms with Gasteiger partial charge in [0.05, 0.1) is 5.02 Å². The molecule has 0 bridgehead atoms. The lowest BCUT2D eigenvalue weighted by Gasteiger charge is -2.11. The third-order valence-corrected chi connectivity index (χ3v) is 5.72. The quantitative estimate of drug-likeness (QED) is 0.622. The van der Waals surface area contributed by atoms with Crippen molar-refractivity contribution in [1.82, 2.24) is 0 Å². The predicted octanol–water partition coefficient (Wildman–Crippen LogP) is 5.06. The van der Waals surface area contributed by atoms with E-state index in [-0.39, 0.29) is 9.92 Å². The fourth-order valence-corrected chi connectivity index (χ4v) is 4.13. The predicted molar refractivity (Wildman–Crippen MR) is 107 cm³/mol. The number of hydrogen-bond acceptors (Lipinski definition) is 3. The minimum atomic E-state index is -3.72. The topological polar surface area (TPSA) is 58.2 Å². The van der Waals surface area contributed by atoms with Crippen LogP contribution in [0.4, 0.5) is 11.4 Å². The molecule has 0 radical (unpaired) electrons. The van der Waals surface area contributed by atoms with E-state index in [0.717, 1.165) is 5.69 Å². The van der Waals surface area contributed by atoms with Gasteiger partial charge in [0.1, 0.15) is 4.90 Å². The standard InChI is InChI=1S/C20H19ClN2O2S/c1-15-5-4-6-16(13-15)14-22-17-9-11-18(12-10-17)23-26(24,25)20-8-3-2-7-19(20)21/h2-13,22-23H,14H2,1H3. The van der Waals surface area contributed by atoms with Gasteiger partial charge >= 0.3 is 0 Å². The van der Waals surface area contributed by atoms with Crippen molar-refractivity contribution in [1.29, 1.82) is 0 Å². The molecular weight excluding hydrogens is 368 g/mol. The normalized spacial score (nSPS) is 11.2. The van der Waals surface area contributed by atoms with Gasteiger partial charge in [-0.1, -0.05) is 53.6 Å². The number of sulfonamides is 1. The van der Waals surface area contributed by atoms with Gasteiger partial charge in [-0.05, 0) is 48.9 Å². The van der Waals surface area contributed by atoms with Gasteiger partial charge in [-0.25, -0.2) is 8.42 Å². The Morgan fingerprint density at radius 1 is 0.885 bits per heavy atom. The van der Waals surface area contributed by atoms with Gasteiger partial charge < -0.3 is 5.32 Å². The van der Waals surface area contributed by atoms with Crippen LogP contribution in [0.5, 0.6) is 0 Å². The molecule has 3 aromatic carbocycles. The van der Waals surface area contributed by atoms with Crippen LogP contribution in [0.2, 0.25) is 5.02 Å². The second-order valence-corrected chi connectivity index (χ2v) is 8.01. The smallest absolute Gasteiger partial charge is 0.263 e. The summed E-state index contributed by atoms with van der Waals surface area (Å²) in [4.78, 5) is 0.0586. The van der Waals surface area contributed by atoms with Crippen molar-refractivity contribution in [2.75, 3.05) is 10.0 Å². The van der Waals surface area contributed by atoms with E-state index in [4.69, 9.17) is 11.6 Å². The maximum absolute atomic E-state index is 12.4. The summed E-state index contributed by atoms with van der Waals surface area (Å²) in [6, 6.07) is 21.7. The van der Waals surface area contributed by atoms with Gasteiger partial charge in [0.15, 0.2) is 0 Å². The molecule has 0 aliphatic carbocycles. The molecule has 3 aromatic rings. The lowest BCUT2D eigenvalue weighted by atomic mass is 10.1. The Balaban J connectivity index is 1.67. The van der Waals surface area contributed by atoms with Crippen molar-refractivity contribution in [3.63, 3.8) is 0 Å². The highest BCUT2D eigenvalue weighted by molar-refractivity contribution is 7.92. The van der Waals surface area contributed by atoms with E-state index >= 15 is 0 Å². The van der Waals surface area contributed by atoms with Gasteiger partial charge in [0.25, 0.3) is 10.0 Å². The summed E-state index contributed by atoms with van der Waals surface area (Å²) < 4.78 is 27.4.